The van der Waals surface area contributed by atoms with Gasteiger partial charge in [0.2, 0.25) is 15.9 Å². The molecular weight excluding hydrogens is 460 g/mol. The highest BCUT2D eigenvalue weighted by Crippen LogP contribution is 2.37. The standard InChI is InChI=1S/C23H26F4N2O3S/c1-2-4-20(14-22(30)28-15-16-7-9-18(24)10-8-16)29(19-11-12-19)33(31,32)21-6-3-5-17(13-21)23(25,26)27/h3,5-10,13,19-20H,2,4,11-12,14-15H2,1H3,(H,28,30). The number of rotatable bonds is 10. The van der Waals surface area contributed by atoms with E-state index < -0.39 is 38.5 Å². The second-order valence-electron chi connectivity index (χ2n) is 8.14. The Balaban J connectivity index is 1.80. The highest BCUT2D eigenvalue weighted by atomic mass is 32.2. The predicted octanol–water partition coefficient (Wildman–Crippen LogP) is 4.87. The maximum absolute atomic E-state index is 13.4. The molecule has 2 aromatic carbocycles. The molecule has 0 saturated heterocycles. The van der Waals surface area contributed by atoms with E-state index in [1.54, 1.807) is 0 Å². The summed E-state index contributed by atoms with van der Waals surface area (Å²) in [6, 6.07) is 8.29. The minimum absolute atomic E-state index is 0.121. The van der Waals surface area contributed by atoms with Gasteiger partial charge in [-0.25, -0.2) is 12.8 Å². The Kier molecular flexibility index (Phi) is 7.79. The quantitative estimate of drug-likeness (QED) is 0.487. The van der Waals surface area contributed by atoms with Crippen LogP contribution in [0.15, 0.2) is 53.4 Å². The number of benzene rings is 2. The van der Waals surface area contributed by atoms with E-state index in [4.69, 9.17) is 0 Å². The molecule has 10 heteroatoms. The molecule has 0 spiro atoms. The SMILES string of the molecule is CCCC(CC(=O)NCc1ccc(F)cc1)N(C1CC1)S(=O)(=O)c1cccc(C(F)(F)F)c1. The first-order valence-corrected chi connectivity index (χ1v) is 12.2. The van der Waals surface area contributed by atoms with Crippen LogP contribution in [0.2, 0.25) is 0 Å². The molecule has 0 heterocycles. The van der Waals surface area contributed by atoms with Gasteiger partial charge in [-0.15, -0.1) is 0 Å². The van der Waals surface area contributed by atoms with Crippen molar-refractivity contribution in [1.29, 1.82) is 0 Å². The van der Waals surface area contributed by atoms with Crippen LogP contribution in [0.4, 0.5) is 17.6 Å². The molecule has 1 aliphatic rings. The zero-order chi connectivity index (χ0) is 24.2. The van der Waals surface area contributed by atoms with Gasteiger partial charge < -0.3 is 5.32 Å². The first-order chi connectivity index (χ1) is 15.5. The Labute approximate surface area is 190 Å². The van der Waals surface area contributed by atoms with Crippen molar-refractivity contribution < 1.29 is 30.8 Å². The second-order valence-corrected chi connectivity index (χ2v) is 9.98. The molecule has 1 unspecified atom stereocenters. The third-order valence-corrected chi connectivity index (χ3v) is 7.45. The normalized spacial score (nSPS) is 15.5. The van der Waals surface area contributed by atoms with Crippen molar-refractivity contribution in [1.82, 2.24) is 9.62 Å². The second kappa shape index (κ2) is 10.2. The van der Waals surface area contributed by atoms with Gasteiger partial charge in [0, 0.05) is 25.0 Å². The van der Waals surface area contributed by atoms with Gasteiger partial charge in [-0.1, -0.05) is 31.5 Å². The summed E-state index contributed by atoms with van der Waals surface area (Å²) in [7, 11) is -4.25. The minimum Gasteiger partial charge on any atom is -0.352 e. The van der Waals surface area contributed by atoms with Crippen LogP contribution in [0.1, 0.15) is 50.2 Å². The van der Waals surface area contributed by atoms with E-state index in [2.05, 4.69) is 5.32 Å². The molecule has 1 amide bonds. The van der Waals surface area contributed by atoms with Crippen LogP contribution in [-0.4, -0.2) is 30.7 Å². The number of nitrogens with one attached hydrogen (secondary N) is 1. The van der Waals surface area contributed by atoms with Crippen LogP contribution in [0.3, 0.4) is 0 Å². The number of hydrogen-bond acceptors (Lipinski definition) is 3. The monoisotopic (exact) mass is 486 g/mol. The number of carbonyl (C=O) groups excluding carboxylic acids is 1. The van der Waals surface area contributed by atoms with Crippen molar-refractivity contribution in [3.8, 4) is 0 Å². The Morgan fingerprint density at radius 1 is 1.15 bits per heavy atom. The van der Waals surface area contributed by atoms with Crippen LogP contribution in [0.25, 0.3) is 0 Å². The highest BCUT2D eigenvalue weighted by molar-refractivity contribution is 7.89. The molecule has 0 radical (unpaired) electrons. The molecule has 180 valence electrons. The average Bonchev–Trinajstić information content (AvgIpc) is 3.58. The lowest BCUT2D eigenvalue weighted by molar-refractivity contribution is -0.137. The van der Waals surface area contributed by atoms with E-state index in [9.17, 15) is 30.8 Å². The fraction of sp³-hybridized carbons (Fsp3) is 0.435. The van der Waals surface area contributed by atoms with Crippen LogP contribution in [0, 0.1) is 5.82 Å². The molecule has 1 aliphatic carbocycles. The van der Waals surface area contributed by atoms with E-state index in [1.165, 1.54) is 28.6 Å². The third-order valence-electron chi connectivity index (χ3n) is 5.45. The van der Waals surface area contributed by atoms with Gasteiger partial charge in [0.1, 0.15) is 5.82 Å². The number of hydrogen-bond donors (Lipinski definition) is 1. The third kappa shape index (κ3) is 6.54. The molecule has 0 aromatic heterocycles. The summed E-state index contributed by atoms with van der Waals surface area (Å²) in [6.07, 6.45) is -2.62. The van der Waals surface area contributed by atoms with Crippen LogP contribution in [0.5, 0.6) is 0 Å². The molecule has 3 rings (SSSR count). The smallest absolute Gasteiger partial charge is 0.352 e. The minimum atomic E-state index is -4.67. The number of nitrogens with zero attached hydrogens (tertiary/aromatic N) is 1. The summed E-state index contributed by atoms with van der Waals surface area (Å²) in [5.74, 6) is -0.782. The predicted molar refractivity (Wildman–Crippen MR) is 115 cm³/mol. The topological polar surface area (TPSA) is 66.5 Å². The molecule has 1 atom stereocenters. The van der Waals surface area contributed by atoms with Crippen LogP contribution < -0.4 is 5.32 Å². The summed E-state index contributed by atoms with van der Waals surface area (Å²) in [4.78, 5) is 12.2. The zero-order valence-electron chi connectivity index (χ0n) is 18.1. The van der Waals surface area contributed by atoms with Crippen LogP contribution >= 0.6 is 0 Å². The van der Waals surface area contributed by atoms with E-state index in [0.717, 1.165) is 18.2 Å². The largest absolute Gasteiger partial charge is 0.416 e. The lowest BCUT2D eigenvalue weighted by Crippen LogP contribution is -2.44. The van der Waals surface area contributed by atoms with Crippen molar-refractivity contribution in [2.45, 2.75) is 68.7 Å². The Morgan fingerprint density at radius 2 is 1.82 bits per heavy atom. The van der Waals surface area contributed by atoms with Gasteiger partial charge in [0.15, 0.2) is 0 Å². The molecule has 1 fully saturated rings. The Morgan fingerprint density at radius 3 is 2.39 bits per heavy atom. The number of alkyl halides is 3. The summed E-state index contributed by atoms with van der Waals surface area (Å²) < 4.78 is 80.5. The maximum Gasteiger partial charge on any atom is 0.416 e. The average molecular weight is 487 g/mol. The van der Waals surface area contributed by atoms with Crippen molar-refractivity contribution in [3.63, 3.8) is 0 Å². The van der Waals surface area contributed by atoms with E-state index in [1.807, 2.05) is 6.92 Å². The molecule has 1 N–H and O–H groups in total. The van der Waals surface area contributed by atoms with Gasteiger partial charge >= 0.3 is 6.18 Å². The van der Waals surface area contributed by atoms with E-state index in [0.29, 0.717) is 37.3 Å². The zero-order valence-corrected chi connectivity index (χ0v) is 18.9. The molecule has 0 aliphatic heterocycles. The van der Waals surface area contributed by atoms with E-state index >= 15 is 0 Å². The number of carbonyl (C=O) groups is 1. The molecule has 33 heavy (non-hydrogen) atoms. The molecule has 1 saturated carbocycles. The fourth-order valence-electron chi connectivity index (χ4n) is 3.72. The lowest BCUT2D eigenvalue weighted by atomic mass is 10.1. The summed E-state index contributed by atoms with van der Waals surface area (Å²) in [6.45, 7) is 2.01. The van der Waals surface area contributed by atoms with E-state index in [-0.39, 0.29) is 24.9 Å². The molecule has 0 bridgehead atoms. The Hall–Kier alpha value is -2.46. The summed E-state index contributed by atoms with van der Waals surface area (Å²) >= 11 is 0. The number of amides is 1. The number of sulfonamides is 1. The van der Waals surface area contributed by atoms with Crippen molar-refractivity contribution in [3.05, 3.63) is 65.5 Å². The van der Waals surface area contributed by atoms with Crippen LogP contribution in [-0.2, 0) is 27.5 Å². The lowest BCUT2D eigenvalue weighted by Gasteiger charge is -2.31. The van der Waals surface area contributed by atoms with Gasteiger partial charge in [0.25, 0.3) is 0 Å². The van der Waals surface area contributed by atoms with Crippen molar-refractivity contribution in [2.75, 3.05) is 0 Å². The van der Waals surface area contributed by atoms with Gasteiger partial charge in [-0.3, -0.25) is 4.79 Å². The molecule has 2 aromatic rings. The highest BCUT2D eigenvalue weighted by Gasteiger charge is 2.43. The Bertz CT molecular complexity index is 1070. The van der Waals surface area contributed by atoms with Crippen molar-refractivity contribution >= 4 is 15.9 Å². The van der Waals surface area contributed by atoms with Gasteiger partial charge in [-0.2, -0.15) is 17.5 Å². The summed E-state index contributed by atoms with van der Waals surface area (Å²) in [5, 5.41) is 2.71. The number of halogens is 4. The first-order valence-electron chi connectivity index (χ1n) is 10.7. The maximum atomic E-state index is 13.4. The fourth-order valence-corrected chi connectivity index (χ4v) is 5.66. The summed E-state index contributed by atoms with van der Waals surface area (Å²) in [5.41, 5.74) is -0.351. The molecular formula is C23H26F4N2O3S. The van der Waals surface area contributed by atoms with Gasteiger partial charge in [-0.05, 0) is 55.2 Å². The van der Waals surface area contributed by atoms with Gasteiger partial charge in [0.05, 0.1) is 10.5 Å². The van der Waals surface area contributed by atoms with Crippen molar-refractivity contribution in [2.24, 2.45) is 0 Å². The first kappa shape index (κ1) is 25.2. The molecule has 5 nitrogen and oxygen atoms in total.